The van der Waals surface area contributed by atoms with Crippen molar-refractivity contribution in [2.45, 2.75) is 26.8 Å². The maximum atomic E-state index is 3.54. The Morgan fingerprint density at radius 3 is 2.86 bits per heavy atom. The highest BCUT2D eigenvalue weighted by atomic mass is 79.9. The predicted octanol–water partition coefficient (Wildman–Crippen LogP) is 3.56. The van der Waals surface area contributed by atoms with Crippen LogP contribution in [0.25, 0.3) is 0 Å². The molecule has 14 heavy (non-hydrogen) atoms. The van der Waals surface area contributed by atoms with Gasteiger partial charge in [-0.3, -0.25) is 0 Å². The first-order chi connectivity index (χ1) is 6.66. The van der Waals surface area contributed by atoms with Crippen LogP contribution in [0, 0.1) is 18.8 Å². The number of nitrogens with one attached hydrogen (secondary N) is 1. The molecule has 1 N–H and O–H groups in total. The number of hydrogen-bond donors (Lipinski definition) is 1. The lowest BCUT2D eigenvalue weighted by Gasteiger charge is -2.00. The monoisotopic (exact) mass is 273 g/mol. The first kappa shape index (κ1) is 10.7. The number of rotatable bonds is 4. The molecule has 0 bridgehead atoms. The van der Waals surface area contributed by atoms with Gasteiger partial charge in [0.2, 0.25) is 0 Å². The smallest absolute Gasteiger partial charge is 0.0314 e. The van der Waals surface area contributed by atoms with Crippen molar-refractivity contribution in [2.24, 2.45) is 11.8 Å². The van der Waals surface area contributed by atoms with Crippen LogP contribution < -0.4 is 5.32 Å². The molecule has 1 aromatic heterocycles. The van der Waals surface area contributed by atoms with Gasteiger partial charge in [-0.1, -0.05) is 6.92 Å². The van der Waals surface area contributed by atoms with Gasteiger partial charge in [-0.25, -0.2) is 0 Å². The molecule has 0 amide bonds. The molecular weight excluding hydrogens is 258 g/mol. The van der Waals surface area contributed by atoms with Crippen molar-refractivity contribution in [2.75, 3.05) is 6.54 Å². The second kappa shape index (κ2) is 4.33. The highest BCUT2D eigenvalue weighted by Crippen LogP contribution is 2.36. The third kappa shape index (κ3) is 2.59. The summed E-state index contributed by atoms with van der Waals surface area (Å²) in [4.78, 5) is 2.81. The molecular formula is C11H16BrNS. The van der Waals surface area contributed by atoms with Crippen LogP contribution in [0.1, 0.15) is 23.1 Å². The van der Waals surface area contributed by atoms with Gasteiger partial charge in [0, 0.05) is 20.8 Å². The number of halogens is 1. The summed E-state index contributed by atoms with van der Waals surface area (Å²) in [5.41, 5.74) is 0. The predicted molar refractivity (Wildman–Crippen MR) is 65.7 cm³/mol. The summed E-state index contributed by atoms with van der Waals surface area (Å²) in [6.07, 6.45) is 1.42. The van der Waals surface area contributed by atoms with Crippen LogP contribution in [0.5, 0.6) is 0 Å². The highest BCUT2D eigenvalue weighted by Gasteiger charge is 2.31. The number of hydrogen-bond acceptors (Lipinski definition) is 2. The van der Waals surface area contributed by atoms with Gasteiger partial charge in [0.25, 0.3) is 0 Å². The van der Waals surface area contributed by atoms with Crippen molar-refractivity contribution < 1.29 is 0 Å². The molecule has 0 aromatic carbocycles. The van der Waals surface area contributed by atoms with Gasteiger partial charge in [-0.2, -0.15) is 0 Å². The lowest BCUT2D eigenvalue weighted by atomic mass is 10.3. The van der Waals surface area contributed by atoms with E-state index in [9.17, 15) is 0 Å². The van der Waals surface area contributed by atoms with E-state index in [1.54, 1.807) is 0 Å². The minimum absolute atomic E-state index is 0.944. The summed E-state index contributed by atoms with van der Waals surface area (Å²) in [5, 5.41) is 3.52. The Labute approximate surface area is 98.0 Å². The van der Waals surface area contributed by atoms with Crippen molar-refractivity contribution in [3.8, 4) is 0 Å². The van der Waals surface area contributed by atoms with E-state index in [1.807, 2.05) is 11.3 Å². The third-order valence-electron chi connectivity index (χ3n) is 2.89. The van der Waals surface area contributed by atoms with Crippen LogP contribution in [-0.4, -0.2) is 6.54 Å². The molecule has 0 spiro atoms. The maximum Gasteiger partial charge on any atom is 0.0314 e. The zero-order valence-corrected chi connectivity index (χ0v) is 11.0. The zero-order valence-electron chi connectivity index (χ0n) is 8.64. The second-order valence-electron chi connectivity index (χ2n) is 4.22. The van der Waals surface area contributed by atoms with Gasteiger partial charge in [0.15, 0.2) is 0 Å². The van der Waals surface area contributed by atoms with E-state index in [4.69, 9.17) is 0 Å². The second-order valence-corrected chi connectivity index (χ2v) is 6.42. The quantitative estimate of drug-likeness (QED) is 0.885. The summed E-state index contributed by atoms with van der Waals surface area (Å²) in [6.45, 7) is 6.70. The van der Waals surface area contributed by atoms with Crippen LogP contribution in [0.3, 0.4) is 0 Å². The molecule has 1 heterocycles. The van der Waals surface area contributed by atoms with Gasteiger partial charge < -0.3 is 5.32 Å². The number of thiophene rings is 1. The molecule has 0 saturated heterocycles. The topological polar surface area (TPSA) is 12.0 Å². The van der Waals surface area contributed by atoms with Gasteiger partial charge in [-0.15, -0.1) is 11.3 Å². The van der Waals surface area contributed by atoms with Crippen molar-refractivity contribution in [1.29, 1.82) is 0 Å². The Hall–Kier alpha value is 0.140. The van der Waals surface area contributed by atoms with Crippen LogP contribution in [0.4, 0.5) is 0 Å². The Morgan fingerprint density at radius 2 is 2.36 bits per heavy atom. The molecule has 1 aliphatic carbocycles. The summed E-state index contributed by atoms with van der Waals surface area (Å²) in [6, 6.07) is 2.23. The molecule has 78 valence electrons. The molecule has 1 saturated carbocycles. The minimum Gasteiger partial charge on any atom is -0.312 e. The first-order valence-electron chi connectivity index (χ1n) is 5.12. The van der Waals surface area contributed by atoms with Crippen LogP contribution in [0.15, 0.2) is 10.5 Å². The SMILES string of the molecule is Cc1sc(CNCC2CC2C)cc1Br. The molecule has 1 nitrogen and oxygen atoms in total. The van der Waals surface area contributed by atoms with E-state index in [0.717, 1.165) is 18.4 Å². The van der Waals surface area contributed by atoms with Crippen LogP contribution >= 0.6 is 27.3 Å². The zero-order chi connectivity index (χ0) is 10.1. The van der Waals surface area contributed by atoms with E-state index in [2.05, 4.69) is 41.2 Å². The molecule has 1 fully saturated rings. The van der Waals surface area contributed by atoms with E-state index in [1.165, 1.54) is 27.2 Å². The lowest BCUT2D eigenvalue weighted by Crippen LogP contribution is -2.15. The van der Waals surface area contributed by atoms with Gasteiger partial charge >= 0.3 is 0 Å². The lowest BCUT2D eigenvalue weighted by molar-refractivity contribution is 0.616. The Morgan fingerprint density at radius 1 is 1.64 bits per heavy atom. The molecule has 1 aliphatic rings. The summed E-state index contributed by atoms with van der Waals surface area (Å²) in [5.74, 6) is 1.90. The largest absolute Gasteiger partial charge is 0.312 e. The van der Waals surface area contributed by atoms with E-state index >= 15 is 0 Å². The summed E-state index contributed by atoms with van der Waals surface area (Å²) < 4.78 is 1.25. The average Bonchev–Trinajstić information content (AvgIpc) is 2.71. The fourth-order valence-electron chi connectivity index (χ4n) is 1.67. The normalized spacial score (nSPS) is 25.4. The van der Waals surface area contributed by atoms with Crippen LogP contribution in [-0.2, 0) is 6.54 Å². The van der Waals surface area contributed by atoms with E-state index in [0.29, 0.717) is 0 Å². The van der Waals surface area contributed by atoms with Gasteiger partial charge in [0.1, 0.15) is 0 Å². The Balaban J connectivity index is 1.74. The molecule has 0 radical (unpaired) electrons. The maximum absolute atomic E-state index is 3.54. The van der Waals surface area contributed by atoms with Crippen molar-refractivity contribution in [3.05, 3.63) is 20.3 Å². The molecule has 3 heteroatoms. The first-order valence-corrected chi connectivity index (χ1v) is 6.73. The van der Waals surface area contributed by atoms with Crippen molar-refractivity contribution >= 4 is 27.3 Å². The molecule has 2 rings (SSSR count). The summed E-state index contributed by atoms with van der Waals surface area (Å²) >= 11 is 5.42. The summed E-state index contributed by atoms with van der Waals surface area (Å²) in [7, 11) is 0. The van der Waals surface area contributed by atoms with Gasteiger partial charge in [-0.05, 0) is 53.7 Å². The molecule has 2 atom stereocenters. The van der Waals surface area contributed by atoms with Crippen molar-refractivity contribution in [1.82, 2.24) is 5.32 Å². The Kier molecular flexibility index (Phi) is 3.30. The average molecular weight is 274 g/mol. The molecule has 0 aliphatic heterocycles. The fraction of sp³-hybridized carbons (Fsp3) is 0.636. The van der Waals surface area contributed by atoms with E-state index < -0.39 is 0 Å². The van der Waals surface area contributed by atoms with E-state index in [-0.39, 0.29) is 0 Å². The van der Waals surface area contributed by atoms with Gasteiger partial charge in [0.05, 0.1) is 0 Å². The standard InChI is InChI=1S/C11H16BrNS/c1-7-3-9(7)5-13-6-10-4-11(12)8(2)14-10/h4,7,9,13H,3,5-6H2,1-2H3. The Bertz CT molecular complexity index is 302. The molecule has 2 unspecified atom stereocenters. The highest BCUT2D eigenvalue weighted by molar-refractivity contribution is 9.10. The van der Waals surface area contributed by atoms with Crippen molar-refractivity contribution in [3.63, 3.8) is 0 Å². The third-order valence-corrected chi connectivity index (χ3v) is 5.03. The number of aryl methyl sites for hydroxylation is 1. The molecule has 1 aromatic rings. The minimum atomic E-state index is 0.944. The fourth-order valence-corrected chi connectivity index (χ4v) is 3.24. The van der Waals surface area contributed by atoms with Crippen LogP contribution in [0.2, 0.25) is 0 Å².